The predicted octanol–water partition coefficient (Wildman–Crippen LogP) is 3.69. The molecular weight excluding hydrogens is 362 g/mol. The first kappa shape index (κ1) is 19.4. The monoisotopic (exact) mass is 380 g/mol. The molecule has 0 bridgehead atoms. The third kappa shape index (κ3) is 5.07. The van der Waals surface area contributed by atoms with E-state index in [-0.39, 0.29) is 18.2 Å². The second-order valence-electron chi connectivity index (χ2n) is 6.28. The number of hydrogen-bond donors (Lipinski definition) is 1. The Bertz CT molecular complexity index is 943. The van der Waals surface area contributed by atoms with Gasteiger partial charge in [-0.05, 0) is 54.1 Å². The third-order valence-corrected chi connectivity index (χ3v) is 4.32. The number of carbonyl (C=O) groups excluding carboxylic acids is 2. The lowest BCUT2D eigenvalue weighted by atomic mass is 9.93. The molecule has 1 aromatic heterocycles. The smallest absolute Gasteiger partial charge is 0.228 e. The Balaban J connectivity index is 1.73. The molecule has 1 N–H and O–H groups in total. The lowest BCUT2D eigenvalue weighted by Gasteiger charge is -2.17. The maximum absolute atomic E-state index is 13.3. The molecule has 1 atom stereocenters. The number of hydrogen-bond acceptors (Lipinski definition) is 3. The van der Waals surface area contributed by atoms with E-state index in [0.717, 1.165) is 0 Å². The lowest BCUT2D eigenvalue weighted by molar-refractivity contribution is -0.122. The Morgan fingerprint density at radius 3 is 2.14 bits per heavy atom. The molecule has 0 saturated heterocycles. The van der Waals surface area contributed by atoms with E-state index in [2.05, 4.69) is 10.3 Å². The summed E-state index contributed by atoms with van der Waals surface area (Å²) in [6.07, 6.45) is 1.94. The molecule has 1 amide bonds. The van der Waals surface area contributed by atoms with Crippen LogP contribution >= 0.6 is 0 Å². The van der Waals surface area contributed by atoms with Crippen LogP contribution in [-0.2, 0) is 11.2 Å². The molecule has 6 heteroatoms. The van der Waals surface area contributed by atoms with Crippen molar-refractivity contribution in [1.82, 2.24) is 10.3 Å². The van der Waals surface area contributed by atoms with Crippen LogP contribution in [0.5, 0.6) is 0 Å². The Morgan fingerprint density at radius 2 is 1.54 bits per heavy atom. The second-order valence-corrected chi connectivity index (χ2v) is 6.28. The molecule has 142 valence electrons. The lowest BCUT2D eigenvalue weighted by Crippen LogP contribution is -2.34. The third-order valence-electron chi connectivity index (χ3n) is 4.32. The van der Waals surface area contributed by atoms with Crippen LogP contribution < -0.4 is 5.32 Å². The van der Waals surface area contributed by atoms with Crippen LogP contribution in [0.25, 0.3) is 0 Å². The Labute approximate surface area is 161 Å². The number of halogens is 2. The highest BCUT2D eigenvalue weighted by atomic mass is 19.1. The van der Waals surface area contributed by atoms with Gasteiger partial charge in [-0.25, -0.2) is 8.78 Å². The highest BCUT2D eigenvalue weighted by Crippen LogP contribution is 2.21. The number of carbonyl (C=O) groups is 2. The van der Waals surface area contributed by atoms with Gasteiger partial charge in [-0.1, -0.05) is 18.2 Å². The first-order valence-electron chi connectivity index (χ1n) is 8.75. The summed E-state index contributed by atoms with van der Waals surface area (Å²) < 4.78 is 26.2. The normalized spacial score (nSPS) is 11.6. The zero-order chi connectivity index (χ0) is 19.9. The molecule has 0 spiro atoms. The van der Waals surface area contributed by atoms with Crippen molar-refractivity contribution >= 4 is 11.7 Å². The Kier molecular flexibility index (Phi) is 6.22. The molecule has 0 fully saturated rings. The highest BCUT2D eigenvalue weighted by Gasteiger charge is 2.22. The Hall–Kier alpha value is -3.41. The number of rotatable bonds is 7. The average Bonchev–Trinajstić information content (AvgIpc) is 2.72. The maximum atomic E-state index is 13.3. The van der Waals surface area contributed by atoms with Crippen LogP contribution in [0.4, 0.5) is 8.78 Å². The number of amides is 1. The van der Waals surface area contributed by atoms with Gasteiger partial charge in [-0.3, -0.25) is 14.6 Å². The molecule has 3 aromatic rings. The van der Waals surface area contributed by atoms with Crippen LogP contribution in [0.1, 0.15) is 27.5 Å². The van der Waals surface area contributed by atoms with E-state index in [1.165, 1.54) is 36.4 Å². The fraction of sp³-hybridized carbons (Fsp3) is 0.136. The molecule has 4 nitrogen and oxygen atoms in total. The maximum Gasteiger partial charge on any atom is 0.228 e. The van der Waals surface area contributed by atoms with Crippen molar-refractivity contribution in [2.45, 2.75) is 12.3 Å². The van der Waals surface area contributed by atoms with Gasteiger partial charge in [0.05, 0.1) is 12.5 Å². The fourth-order valence-electron chi connectivity index (χ4n) is 2.81. The first-order valence-corrected chi connectivity index (χ1v) is 8.75. The molecule has 0 aliphatic rings. The van der Waals surface area contributed by atoms with E-state index in [0.29, 0.717) is 23.2 Å². The average molecular weight is 380 g/mol. The second kappa shape index (κ2) is 8.99. The molecular formula is C22H18F2N2O2. The van der Waals surface area contributed by atoms with Gasteiger partial charge in [0.2, 0.25) is 5.91 Å². The number of pyridine rings is 1. The standard InChI is InChI=1S/C22H18F2N2O2/c23-17-8-4-15(5-9-17)20(13-19-3-1-2-12-25-19)22(28)26-14-21(27)16-6-10-18(24)11-7-16/h1-12,20H,13-14H2,(H,26,28). The first-order chi connectivity index (χ1) is 13.5. The predicted molar refractivity (Wildman–Crippen MR) is 101 cm³/mol. The molecule has 0 aliphatic carbocycles. The number of aromatic nitrogens is 1. The molecule has 3 rings (SSSR count). The van der Waals surface area contributed by atoms with Crippen LogP contribution in [0, 0.1) is 11.6 Å². The van der Waals surface area contributed by atoms with Gasteiger partial charge in [-0.2, -0.15) is 0 Å². The van der Waals surface area contributed by atoms with Crippen molar-refractivity contribution in [2.24, 2.45) is 0 Å². The molecule has 2 aromatic carbocycles. The summed E-state index contributed by atoms with van der Waals surface area (Å²) >= 11 is 0. The zero-order valence-electron chi connectivity index (χ0n) is 14.9. The SMILES string of the molecule is O=C(CNC(=O)C(Cc1ccccn1)c1ccc(F)cc1)c1ccc(F)cc1. The van der Waals surface area contributed by atoms with Crippen molar-refractivity contribution < 1.29 is 18.4 Å². The van der Waals surface area contributed by atoms with E-state index in [1.54, 1.807) is 30.5 Å². The number of Topliss-reactive ketones (excluding diaryl/α,β-unsaturated/α-hetero) is 1. The van der Waals surface area contributed by atoms with Crippen LogP contribution in [0.3, 0.4) is 0 Å². The summed E-state index contributed by atoms with van der Waals surface area (Å²) in [5.74, 6) is -2.16. The molecule has 0 saturated carbocycles. The van der Waals surface area contributed by atoms with Crippen molar-refractivity contribution in [3.8, 4) is 0 Å². The van der Waals surface area contributed by atoms with Crippen molar-refractivity contribution in [3.05, 3.63) is 101 Å². The Morgan fingerprint density at radius 1 is 0.893 bits per heavy atom. The van der Waals surface area contributed by atoms with Gasteiger partial charge in [-0.15, -0.1) is 0 Å². The van der Waals surface area contributed by atoms with Crippen molar-refractivity contribution in [2.75, 3.05) is 6.54 Å². The van der Waals surface area contributed by atoms with Gasteiger partial charge in [0.1, 0.15) is 11.6 Å². The highest BCUT2D eigenvalue weighted by molar-refractivity contribution is 5.99. The summed E-state index contributed by atoms with van der Waals surface area (Å²) in [4.78, 5) is 29.2. The van der Waals surface area contributed by atoms with Crippen molar-refractivity contribution in [3.63, 3.8) is 0 Å². The largest absolute Gasteiger partial charge is 0.348 e. The van der Waals surface area contributed by atoms with Crippen LogP contribution in [-0.4, -0.2) is 23.2 Å². The quantitative estimate of drug-likeness (QED) is 0.636. The minimum absolute atomic E-state index is 0.218. The molecule has 28 heavy (non-hydrogen) atoms. The number of nitrogens with one attached hydrogen (secondary N) is 1. The topological polar surface area (TPSA) is 59.1 Å². The molecule has 1 unspecified atom stereocenters. The van der Waals surface area contributed by atoms with Crippen LogP contribution in [0.15, 0.2) is 72.9 Å². The van der Waals surface area contributed by atoms with Gasteiger partial charge >= 0.3 is 0 Å². The number of ketones is 1. The summed E-state index contributed by atoms with van der Waals surface area (Å²) in [6.45, 7) is -0.218. The minimum atomic E-state index is -0.628. The number of nitrogens with zero attached hydrogens (tertiary/aromatic N) is 1. The molecule has 0 radical (unpaired) electrons. The van der Waals surface area contributed by atoms with E-state index < -0.39 is 17.6 Å². The van der Waals surface area contributed by atoms with Gasteiger partial charge in [0.15, 0.2) is 5.78 Å². The zero-order valence-corrected chi connectivity index (χ0v) is 14.9. The van der Waals surface area contributed by atoms with Crippen LogP contribution in [0.2, 0.25) is 0 Å². The summed E-state index contributed by atoms with van der Waals surface area (Å²) in [6, 6.07) is 16.2. The summed E-state index contributed by atoms with van der Waals surface area (Å²) in [5.41, 5.74) is 1.64. The van der Waals surface area contributed by atoms with Gasteiger partial charge < -0.3 is 5.32 Å². The van der Waals surface area contributed by atoms with Gasteiger partial charge in [0, 0.05) is 23.9 Å². The number of benzene rings is 2. The van der Waals surface area contributed by atoms with Crippen molar-refractivity contribution in [1.29, 1.82) is 0 Å². The van der Waals surface area contributed by atoms with E-state index >= 15 is 0 Å². The fourth-order valence-corrected chi connectivity index (χ4v) is 2.81. The summed E-state index contributed by atoms with van der Waals surface area (Å²) in [5, 5.41) is 2.63. The van der Waals surface area contributed by atoms with E-state index in [4.69, 9.17) is 0 Å². The van der Waals surface area contributed by atoms with E-state index in [9.17, 15) is 18.4 Å². The minimum Gasteiger partial charge on any atom is -0.348 e. The molecule has 0 aliphatic heterocycles. The molecule has 1 heterocycles. The van der Waals surface area contributed by atoms with E-state index in [1.807, 2.05) is 6.07 Å². The van der Waals surface area contributed by atoms with Gasteiger partial charge in [0.25, 0.3) is 0 Å². The summed E-state index contributed by atoms with van der Waals surface area (Å²) in [7, 11) is 0.